The molecule has 1 heterocycles. The molecule has 4 nitrogen and oxygen atoms in total. The second-order valence-corrected chi connectivity index (χ2v) is 4.00. The van der Waals surface area contributed by atoms with Crippen molar-refractivity contribution in [1.82, 2.24) is 10.3 Å². The summed E-state index contributed by atoms with van der Waals surface area (Å²) in [7, 11) is 0. The summed E-state index contributed by atoms with van der Waals surface area (Å²) >= 11 is 11.4. The Hall–Kier alpha value is -0.980. The van der Waals surface area contributed by atoms with Gasteiger partial charge in [0.25, 0.3) is 12.3 Å². The summed E-state index contributed by atoms with van der Waals surface area (Å²) in [4.78, 5) is 15.3. The van der Waals surface area contributed by atoms with Crippen LogP contribution in [0.15, 0.2) is 12.3 Å². The van der Waals surface area contributed by atoms with Crippen LogP contribution in [-0.2, 0) is 4.74 Å². The predicted molar refractivity (Wildman–Crippen MR) is 63.4 cm³/mol. The molecule has 1 N–H and O–H groups in total. The molecule has 1 amide bonds. The van der Waals surface area contributed by atoms with Crippen molar-refractivity contribution in [1.29, 1.82) is 0 Å². The molecular formula is C10H10Cl2F2N2O2. The number of ether oxygens (including phenoxy) is 1. The molecule has 1 aromatic rings. The lowest BCUT2D eigenvalue weighted by molar-refractivity contribution is 0.0188. The molecule has 0 aromatic carbocycles. The predicted octanol–water partition coefficient (Wildman–Crippen LogP) is 2.40. The van der Waals surface area contributed by atoms with Gasteiger partial charge in [-0.1, -0.05) is 23.2 Å². The zero-order chi connectivity index (χ0) is 13.5. The number of nitrogens with zero attached hydrogens (tertiary/aromatic N) is 1. The van der Waals surface area contributed by atoms with E-state index in [9.17, 15) is 13.6 Å². The number of aromatic nitrogens is 1. The Morgan fingerprint density at radius 2 is 2.22 bits per heavy atom. The van der Waals surface area contributed by atoms with E-state index in [1.807, 2.05) is 0 Å². The Kier molecular flexibility index (Phi) is 6.24. The fourth-order valence-electron chi connectivity index (χ4n) is 1.09. The molecule has 0 aliphatic carbocycles. The number of amides is 1. The van der Waals surface area contributed by atoms with E-state index < -0.39 is 18.9 Å². The molecule has 100 valence electrons. The molecule has 0 bridgehead atoms. The molecule has 1 rings (SSSR count). The number of hydrogen-bond acceptors (Lipinski definition) is 3. The van der Waals surface area contributed by atoms with E-state index in [0.717, 1.165) is 0 Å². The summed E-state index contributed by atoms with van der Waals surface area (Å²) in [6.45, 7) is -0.563. The second kappa shape index (κ2) is 7.45. The highest BCUT2D eigenvalue weighted by Crippen LogP contribution is 2.17. The van der Waals surface area contributed by atoms with Crippen LogP contribution in [0.1, 0.15) is 10.4 Å². The molecule has 0 atom stereocenters. The first-order valence-corrected chi connectivity index (χ1v) is 5.71. The van der Waals surface area contributed by atoms with Gasteiger partial charge in [-0.15, -0.1) is 0 Å². The van der Waals surface area contributed by atoms with Crippen molar-refractivity contribution in [2.45, 2.75) is 6.43 Å². The van der Waals surface area contributed by atoms with Gasteiger partial charge in [0, 0.05) is 12.7 Å². The number of pyridine rings is 1. The van der Waals surface area contributed by atoms with E-state index >= 15 is 0 Å². The lowest BCUT2D eigenvalue weighted by Gasteiger charge is -2.07. The Balaban J connectivity index is 2.39. The third kappa shape index (κ3) is 5.12. The maximum atomic E-state index is 11.7. The van der Waals surface area contributed by atoms with Crippen molar-refractivity contribution in [3.63, 3.8) is 0 Å². The fraction of sp³-hybridized carbons (Fsp3) is 0.400. The Labute approximate surface area is 112 Å². The number of rotatable bonds is 6. The second-order valence-electron chi connectivity index (χ2n) is 3.21. The van der Waals surface area contributed by atoms with Crippen LogP contribution in [0.25, 0.3) is 0 Å². The van der Waals surface area contributed by atoms with Crippen LogP contribution in [-0.4, -0.2) is 37.1 Å². The highest BCUT2D eigenvalue weighted by Gasteiger charge is 2.11. The van der Waals surface area contributed by atoms with Gasteiger partial charge < -0.3 is 10.1 Å². The van der Waals surface area contributed by atoms with Gasteiger partial charge in [-0.3, -0.25) is 4.79 Å². The molecule has 18 heavy (non-hydrogen) atoms. The largest absolute Gasteiger partial charge is 0.374 e. The van der Waals surface area contributed by atoms with Gasteiger partial charge in [0.05, 0.1) is 17.2 Å². The molecule has 0 saturated heterocycles. The highest BCUT2D eigenvalue weighted by molar-refractivity contribution is 6.35. The number of carbonyl (C=O) groups is 1. The van der Waals surface area contributed by atoms with Crippen molar-refractivity contribution in [3.05, 3.63) is 28.0 Å². The first kappa shape index (κ1) is 15.1. The van der Waals surface area contributed by atoms with Crippen LogP contribution in [0.3, 0.4) is 0 Å². The third-order valence-corrected chi connectivity index (χ3v) is 2.35. The molecule has 8 heteroatoms. The lowest BCUT2D eigenvalue weighted by atomic mass is 10.2. The summed E-state index contributed by atoms with van der Waals surface area (Å²) in [6.07, 6.45) is -1.26. The third-order valence-electron chi connectivity index (χ3n) is 1.84. The van der Waals surface area contributed by atoms with Gasteiger partial charge in [-0.25, -0.2) is 13.8 Å². The minimum absolute atomic E-state index is 0.00743. The maximum absolute atomic E-state index is 11.7. The zero-order valence-corrected chi connectivity index (χ0v) is 10.6. The van der Waals surface area contributed by atoms with E-state index in [2.05, 4.69) is 15.0 Å². The first-order valence-electron chi connectivity index (χ1n) is 4.96. The molecular weight excluding hydrogens is 289 g/mol. The van der Waals surface area contributed by atoms with Crippen molar-refractivity contribution in [3.8, 4) is 0 Å². The Morgan fingerprint density at radius 3 is 2.89 bits per heavy atom. The number of hydrogen-bond donors (Lipinski definition) is 1. The van der Waals surface area contributed by atoms with Gasteiger partial charge in [0.15, 0.2) is 0 Å². The normalized spacial score (nSPS) is 10.7. The Bertz CT molecular complexity index is 419. The topological polar surface area (TPSA) is 51.2 Å². The smallest absolute Gasteiger partial charge is 0.261 e. The monoisotopic (exact) mass is 298 g/mol. The molecule has 0 fully saturated rings. The van der Waals surface area contributed by atoms with Crippen molar-refractivity contribution in [2.24, 2.45) is 0 Å². The van der Waals surface area contributed by atoms with Crippen molar-refractivity contribution in [2.75, 3.05) is 19.8 Å². The molecule has 1 aromatic heterocycles. The van der Waals surface area contributed by atoms with Gasteiger partial charge in [0.1, 0.15) is 11.8 Å². The SMILES string of the molecule is O=C(NCCOCC(F)F)c1cc(Cl)ncc1Cl. The summed E-state index contributed by atoms with van der Waals surface area (Å²) in [5.41, 5.74) is 0.172. The van der Waals surface area contributed by atoms with Gasteiger partial charge in [0.2, 0.25) is 0 Å². The van der Waals surface area contributed by atoms with Crippen LogP contribution >= 0.6 is 23.2 Å². The number of nitrogens with one attached hydrogen (secondary N) is 1. The summed E-state index contributed by atoms with van der Waals surface area (Å²) in [6, 6.07) is 1.32. The minimum Gasteiger partial charge on any atom is -0.374 e. The van der Waals surface area contributed by atoms with Crippen molar-refractivity contribution >= 4 is 29.1 Å². The van der Waals surface area contributed by atoms with Gasteiger partial charge >= 0.3 is 0 Å². The van der Waals surface area contributed by atoms with E-state index in [4.69, 9.17) is 23.2 Å². The molecule has 0 aliphatic heterocycles. The average molecular weight is 299 g/mol. The number of halogens is 4. The summed E-state index contributed by atoms with van der Waals surface area (Å²) in [5, 5.41) is 2.76. The maximum Gasteiger partial charge on any atom is 0.261 e. The van der Waals surface area contributed by atoms with Crippen molar-refractivity contribution < 1.29 is 18.3 Å². The first-order chi connectivity index (χ1) is 8.50. The van der Waals surface area contributed by atoms with Crippen LogP contribution in [0.5, 0.6) is 0 Å². The number of carbonyl (C=O) groups excluding carboxylic acids is 1. The van der Waals surface area contributed by atoms with E-state index in [-0.39, 0.29) is 28.9 Å². The molecule has 0 aliphatic rings. The van der Waals surface area contributed by atoms with E-state index in [0.29, 0.717) is 0 Å². The van der Waals surface area contributed by atoms with Gasteiger partial charge in [-0.2, -0.15) is 0 Å². The highest BCUT2D eigenvalue weighted by atomic mass is 35.5. The average Bonchev–Trinajstić information content (AvgIpc) is 2.31. The Morgan fingerprint density at radius 1 is 1.50 bits per heavy atom. The summed E-state index contributed by atoms with van der Waals surface area (Å²) in [5.74, 6) is -0.468. The lowest BCUT2D eigenvalue weighted by Crippen LogP contribution is -2.28. The zero-order valence-electron chi connectivity index (χ0n) is 9.13. The standard InChI is InChI=1S/C10H10Cl2F2N2O2/c11-7-4-16-8(12)3-6(7)10(17)15-1-2-18-5-9(13)14/h3-4,9H,1-2,5H2,(H,15,17). The fourth-order valence-corrected chi connectivity index (χ4v) is 1.44. The van der Waals surface area contributed by atoms with Gasteiger partial charge in [-0.05, 0) is 6.07 Å². The van der Waals surface area contributed by atoms with E-state index in [1.165, 1.54) is 12.3 Å². The quantitative estimate of drug-likeness (QED) is 0.648. The number of alkyl halides is 2. The molecule has 0 radical (unpaired) electrons. The van der Waals surface area contributed by atoms with E-state index in [1.54, 1.807) is 0 Å². The molecule has 0 spiro atoms. The van der Waals surface area contributed by atoms with Crippen LogP contribution < -0.4 is 5.32 Å². The van der Waals surface area contributed by atoms with Crippen LogP contribution in [0.4, 0.5) is 8.78 Å². The summed E-state index contributed by atoms with van der Waals surface area (Å²) < 4.78 is 28.1. The molecule has 0 unspecified atom stereocenters. The van der Waals surface area contributed by atoms with Crippen LogP contribution in [0.2, 0.25) is 10.2 Å². The molecule has 0 saturated carbocycles. The van der Waals surface area contributed by atoms with Crippen LogP contribution in [0, 0.1) is 0 Å². The minimum atomic E-state index is -2.52.